The molecule has 0 aliphatic rings. The van der Waals surface area contributed by atoms with Crippen molar-refractivity contribution in [2.45, 2.75) is 6.61 Å². The molecule has 6 heteroatoms. The molecule has 0 aliphatic heterocycles. The molecule has 1 aromatic carbocycles. The minimum Gasteiger partial charge on any atom is -0.378 e. The predicted molar refractivity (Wildman–Crippen MR) is 79.0 cm³/mol. The van der Waals surface area contributed by atoms with Crippen LogP contribution in [0.3, 0.4) is 0 Å². The van der Waals surface area contributed by atoms with Crippen LogP contribution in [0.5, 0.6) is 0 Å². The van der Waals surface area contributed by atoms with E-state index in [1.54, 1.807) is 12.1 Å². The van der Waals surface area contributed by atoms with Gasteiger partial charge in [-0.25, -0.2) is 0 Å². The molecule has 2 N–H and O–H groups in total. The zero-order chi connectivity index (χ0) is 14.7. The average Bonchev–Trinajstić information content (AvgIpc) is 2.43. The molecular formula is C14H13BrN2O3. The highest BCUT2D eigenvalue weighted by molar-refractivity contribution is 9.10. The van der Waals surface area contributed by atoms with E-state index in [-0.39, 0.29) is 12.2 Å². The summed E-state index contributed by atoms with van der Waals surface area (Å²) in [6, 6.07) is 10.4. The number of amides is 1. The molecule has 0 fully saturated rings. The zero-order valence-corrected chi connectivity index (χ0v) is 12.4. The Balaban J connectivity index is 2.81. The number of primary amides is 1. The molecule has 0 atom stereocenters. The van der Waals surface area contributed by atoms with Gasteiger partial charge in [0, 0.05) is 17.3 Å². The number of nitrogens with two attached hydrogens (primary N) is 1. The van der Waals surface area contributed by atoms with Gasteiger partial charge in [-0.15, -0.1) is 0 Å². The lowest BCUT2D eigenvalue weighted by Crippen LogP contribution is -2.31. The van der Waals surface area contributed by atoms with Crippen molar-refractivity contribution in [3.8, 4) is 5.69 Å². The van der Waals surface area contributed by atoms with E-state index >= 15 is 0 Å². The maximum atomic E-state index is 12.4. The topological polar surface area (TPSA) is 74.3 Å². The molecule has 0 bridgehead atoms. The van der Waals surface area contributed by atoms with Crippen molar-refractivity contribution < 1.29 is 9.53 Å². The Kier molecular flexibility index (Phi) is 4.36. The predicted octanol–water partition coefficient (Wildman–Crippen LogP) is 1.85. The van der Waals surface area contributed by atoms with Gasteiger partial charge in [-0.05, 0) is 34.1 Å². The number of rotatable bonds is 4. The van der Waals surface area contributed by atoms with Crippen LogP contribution in [0.25, 0.3) is 5.69 Å². The summed E-state index contributed by atoms with van der Waals surface area (Å²) in [5, 5.41) is 0. The molecule has 104 valence electrons. The van der Waals surface area contributed by atoms with Gasteiger partial charge in [-0.1, -0.05) is 18.2 Å². The monoisotopic (exact) mass is 336 g/mol. The minimum atomic E-state index is -0.760. The average molecular weight is 337 g/mol. The molecule has 20 heavy (non-hydrogen) atoms. The number of ether oxygens (including phenoxy) is 1. The lowest BCUT2D eigenvalue weighted by molar-refractivity contribution is 0.0998. The largest absolute Gasteiger partial charge is 0.378 e. The second-order valence-corrected chi connectivity index (χ2v) is 4.98. The SMILES string of the molecule is COCc1c(Br)cc(C(N)=O)c(=O)n1-c1ccccc1. The maximum Gasteiger partial charge on any atom is 0.268 e. The molecule has 0 spiro atoms. The van der Waals surface area contributed by atoms with Crippen LogP contribution < -0.4 is 11.3 Å². The fourth-order valence-corrected chi connectivity index (χ4v) is 2.44. The van der Waals surface area contributed by atoms with Crippen molar-refractivity contribution in [2.24, 2.45) is 5.73 Å². The lowest BCUT2D eigenvalue weighted by Gasteiger charge is -2.15. The third-order valence-electron chi connectivity index (χ3n) is 2.81. The van der Waals surface area contributed by atoms with Gasteiger partial charge in [-0.2, -0.15) is 0 Å². The highest BCUT2D eigenvalue weighted by atomic mass is 79.9. The Morgan fingerprint density at radius 3 is 2.55 bits per heavy atom. The lowest BCUT2D eigenvalue weighted by atomic mass is 10.2. The maximum absolute atomic E-state index is 12.4. The fraction of sp³-hybridized carbons (Fsp3) is 0.143. The Hall–Kier alpha value is -1.92. The number of carbonyl (C=O) groups is 1. The molecular weight excluding hydrogens is 324 g/mol. The van der Waals surface area contributed by atoms with Gasteiger partial charge in [0.2, 0.25) is 0 Å². The van der Waals surface area contributed by atoms with Crippen LogP contribution in [-0.4, -0.2) is 17.6 Å². The molecule has 0 radical (unpaired) electrons. The number of benzene rings is 1. The highest BCUT2D eigenvalue weighted by Crippen LogP contribution is 2.20. The third-order valence-corrected chi connectivity index (χ3v) is 3.50. The number of hydrogen-bond acceptors (Lipinski definition) is 3. The Labute approximate surface area is 124 Å². The van der Waals surface area contributed by atoms with E-state index in [0.29, 0.717) is 15.9 Å². The van der Waals surface area contributed by atoms with Crippen LogP contribution in [0.2, 0.25) is 0 Å². The van der Waals surface area contributed by atoms with Crippen molar-refractivity contribution in [2.75, 3.05) is 7.11 Å². The number of hydrogen-bond donors (Lipinski definition) is 1. The first-order chi connectivity index (χ1) is 9.56. The number of methoxy groups -OCH3 is 1. The van der Waals surface area contributed by atoms with Crippen LogP contribution in [0.1, 0.15) is 16.1 Å². The summed E-state index contributed by atoms with van der Waals surface area (Å²) in [6.45, 7) is 0.226. The summed E-state index contributed by atoms with van der Waals surface area (Å²) >= 11 is 3.35. The molecule has 0 aliphatic carbocycles. The first-order valence-corrected chi connectivity index (χ1v) is 6.64. The first-order valence-electron chi connectivity index (χ1n) is 5.85. The van der Waals surface area contributed by atoms with Crippen LogP contribution in [-0.2, 0) is 11.3 Å². The van der Waals surface area contributed by atoms with Crippen LogP contribution in [0.4, 0.5) is 0 Å². The molecule has 0 unspecified atom stereocenters. The van der Waals surface area contributed by atoms with Crippen LogP contribution >= 0.6 is 15.9 Å². The third kappa shape index (κ3) is 2.66. The summed E-state index contributed by atoms with van der Waals surface area (Å²) in [7, 11) is 1.54. The van der Waals surface area contributed by atoms with Gasteiger partial charge in [0.1, 0.15) is 5.56 Å². The van der Waals surface area contributed by atoms with Crippen molar-refractivity contribution in [1.82, 2.24) is 4.57 Å². The van der Waals surface area contributed by atoms with Gasteiger partial charge in [0.25, 0.3) is 11.5 Å². The molecule has 1 amide bonds. The molecule has 0 saturated heterocycles. The molecule has 1 heterocycles. The first kappa shape index (κ1) is 14.5. The van der Waals surface area contributed by atoms with E-state index in [2.05, 4.69) is 15.9 Å². The van der Waals surface area contributed by atoms with Gasteiger partial charge in [0.15, 0.2) is 0 Å². The number of aromatic nitrogens is 1. The summed E-state index contributed by atoms with van der Waals surface area (Å²) < 4.78 is 7.14. The second kappa shape index (κ2) is 6.02. The highest BCUT2D eigenvalue weighted by Gasteiger charge is 2.17. The molecule has 0 saturated carbocycles. The Morgan fingerprint density at radius 1 is 1.35 bits per heavy atom. The summed E-state index contributed by atoms with van der Waals surface area (Å²) in [5.74, 6) is -0.760. The second-order valence-electron chi connectivity index (χ2n) is 4.13. The standard InChI is InChI=1S/C14H13BrN2O3/c1-20-8-12-11(15)7-10(13(16)18)14(19)17(12)9-5-3-2-4-6-9/h2-7H,8H2,1H3,(H2,16,18). The van der Waals surface area contributed by atoms with Gasteiger partial charge in [0.05, 0.1) is 12.3 Å². The number of carbonyl (C=O) groups excluding carboxylic acids is 1. The van der Waals surface area contributed by atoms with E-state index in [4.69, 9.17) is 10.5 Å². The number of nitrogens with zero attached hydrogens (tertiary/aromatic N) is 1. The van der Waals surface area contributed by atoms with Crippen molar-refractivity contribution in [3.05, 3.63) is 62.5 Å². The normalized spacial score (nSPS) is 10.5. The molecule has 1 aromatic heterocycles. The van der Waals surface area contributed by atoms with Gasteiger partial charge >= 0.3 is 0 Å². The molecule has 5 nitrogen and oxygen atoms in total. The van der Waals surface area contributed by atoms with E-state index in [1.165, 1.54) is 17.7 Å². The fourth-order valence-electron chi connectivity index (χ4n) is 1.92. The van der Waals surface area contributed by atoms with Crippen LogP contribution in [0, 0.1) is 0 Å². The van der Waals surface area contributed by atoms with Gasteiger partial charge in [-0.3, -0.25) is 14.2 Å². The smallest absolute Gasteiger partial charge is 0.268 e. The van der Waals surface area contributed by atoms with Crippen LogP contribution in [0.15, 0.2) is 45.7 Å². The van der Waals surface area contributed by atoms with E-state index in [0.717, 1.165) is 0 Å². The van der Waals surface area contributed by atoms with E-state index < -0.39 is 11.5 Å². The quantitative estimate of drug-likeness (QED) is 0.925. The van der Waals surface area contributed by atoms with E-state index in [1.807, 2.05) is 18.2 Å². The Bertz CT molecular complexity index is 696. The Morgan fingerprint density at radius 2 is 2.00 bits per heavy atom. The van der Waals surface area contributed by atoms with Gasteiger partial charge < -0.3 is 10.5 Å². The summed E-state index contributed by atoms with van der Waals surface area (Å²) in [4.78, 5) is 23.8. The summed E-state index contributed by atoms with van der Waals surface area (Å²) in [5.41, 5.74) is 5.99. The van der Waals surface area contributed by atoms with Crippen molar-refractivity contribution >= 4 is 21.8 Å². The van der Waals surface area contributed by atoms with E-state index in [9.17, 15) is 9.59 Å². The number of para-hydroxylation sites is 1. The van der Waals surface area contributed by atoms with Crippen molar-refractivity contribution in [1.29, 1.82) is 0 Å². The number of halogens is 1. The summed E-state index contributed by atoms with van der Waals surface area (Å²) in [6.07, 6.45) is 0. The molecule has 2 aromatic rings. The van der Waals surface area contributed by atoms with Crippen molar-refractivity contribution in [3.63, 3.8) is 0 Å². The molecule has 2 rings (SSSR count). The minimum absolute atomic E-state index is 0.0689. The zero-order valence-electron chi connectivity index (χ0n) is 10.8. The number of pyridine rings is 1.